The van der Waals surface area contributed by atoms with E-state index in [4.69, 9.17) is 21.1 Å². The first-order chi connectivity index (χ1) is 11.2. The maximum Gasteiger partial charge on any atom is 0.145 e. The summed E-state index contributed by atoms with van der Waals surface area (Å²) in [5, 5.41) is 1.81. The van der Waals surface area contributed by atoms with Crippen LogP contribution in [0.25, 0.3) is 10.9 Å². The number of nitrogens with zero attached hydrogens (tertiary/aromatic N) is 1. The van der Waals surface area contributed by atoms with Crippen LogP contribution in [0.2, 0.25) is 5.02 Å². The van der Waals surface area contributed by atoms with Crippen molar-refractivity contribution in [1.29, 1.82) is 0 Å². The van der Waals surface area contributed by atoms with Gasteiger partial charge in [-0.15, -0.1) is 0 Å². The van der Waals surface area contributed by atoms with E-state index in [9.17, 15) is 0 Å². The molecule has 0 spiro atoms. The SMILES string of the molecule is Cc1cc(Cl)ccc1OCCCOc1cccc2cccnc12. The molecule has 0 N–H and O–H groups in total. The van der Waals surface area contributed by atoms with Crippen molar-refractivity contribution in [2.24, 2.45) is 0 Å². The van der Waals surface area contributed by atoms with E-state index < -0.39 is 0 Å². The molecule has 0 aliphatic heterocycles. The second-order valence-corrected chi connectivity index (χ2v) is 5.73. The minimum absolute atomic E-state index is 0.586. The zero-order valence-electron chi connectivity index (χ0n) is 13.0. The normalized spacial score (nSPS) is 10.7. The van der Waals surface area contributed by atoms with Gasteiger partial charge in [0, 0.05) is 23.0 Å². The average Bonchev–Trinajstić information content (AvgIpc) is 2.56. The van der Waals surface area contributed by atoms with Gasteiger partial charge in [0.1, 0.15) is 17.0 Å². The molecule has 0 atom stereocenters. The molecule has 4 heteroatoms. The minimum atomic E-state index is 0.586. The third kappa shape index (κ3) is 3.93. The van der Waals surface area contributed by atoms with E-state index in [-0.39, 0.29) is 0 Å². The molecular formula is C19H18ClNO2. The van der Waals surface area contributed by atoms with Crippen LogP contribution < -0.4 is 9.47 Å². The lowest BCUT2D eigenvalue weighted by Gasteiger charge is -2.11. The summed E-state index contributed by atoms with van der Waals surface area (Å²) in [7, 11) is 0. The lowest BCUT2D eigenvalue weighted by Crippen LogP contribution is -2.06. The number of fused-ring (bicyclic) bond motifs is 1. The van der Waals surface area contributed by atoms with Crippen molar-refractivity contribution >= 4 is 22.5 Å². The fourth-order valence-corrected chi connectivity index (χ4v) is 2.62. The topological polar surface area (TPSA) is 31.4 Å². The van der Waals surface area contributed by atoms with Gasteiger partial charge in [0.05, 0.1) is 13.2 Å². The molecule has 0 saturated carbocycles. The molecule has 23 heavy (non-hydrogen) atoms. The number of benzene rings is 2. The monoisotopic (exact) mass is 327 g/mol. The zero-order chi connectivity index (χ0) is 16.1. The number of pyridine rings is 1. The highest BCUT2D eigenvalue weighted by atomic mass is 35.5. The van der Waals surface area contributed by atoms with Gasteiger partial charge in [0.25, 0.3) is 0 Å². The fraction of sp³-hybridized carbons (Fsp3) is 0.211. The maximum absolute atomic E-state index is 5.93. The molecule has 0 saturated heterocycles. The van der Waals surface area contributed by atoms with E-state index in [0.29, 0.717) is 13.2 Å². The number of hydrogen-bond donors (Lipinski definition) is 0. The Hall–Kier alpha value is -2.26. The lowest BCUT2D eigenvalue weighted by molar-refractivity contribution is 0.248. The van der Waals surface area contributed by atoms with Gasteiger partial charge in [-0.25, -0.2) is 0 Å². The predicted octanol–water partition coefficient (Wildman–Crippen LogP) is 5.04. The van der Waals surface area contributed by atoms with Crippen molar-refractivity contribution < 1.29 is 9.47 Å². The second kappa shape index (κ2) is 7.34. The van der Waals surface area contributed by atoms with E-state index in [1.54, 1.807) is 6.20 Å². The van der Waals surface area contributed by atoms with Gasteiger partial charge in [0.15, 0.2) is 0 Å². The highest BCUT2D eigenvalue weighted by Gasteiger charge is 2.03. The Kier molecular flexibility index (Phi) is 4.99. The van der Waals surface area contributed by atoms with E-state index >= 15 is 0 Å². The van der Waals surface area contributed by atoms with Crippen molar-refractivity contribution in [2.45, 2.75) is 13.3 Å². The highest BCUT2D eigenvalue weighted by Crippen LogP contribution is 2.24. The van der Waals surface area contributed by atoms with Crippen molar-refractivity contribution in [3.63, 3.8) is 0 Å². The summed E-state index contributed by atoms with van der Waals surface area (Å²) in [4.78, 5) is 4.38. The molecule has 0 aliphatic carbocycles. The van der Waals surface area contributed by atoms with Crippen LogP contribution in [-0.4, -0.2) is 18.2 Å². The number of aryl methyl sites for hydroxylation is 1. The first-order valence-electron chi connectivity index (χ1n) is 7.59. The van der Waals surface area contributed by atoms with Gasteiger partial charge >= 0.3 is 0 Å². The quantitative estimate of drug-likeness (QED) is 0.594. The Labute approximate surface area is 140 Å². The van der Waals surface area contributed by atoms with Crippen molar-refractivity contribution in [2.75, 3.05) is 13.2 Å². The summed E-state index contributed by atoms with van der Waals surface area (Å²) in [6, 6.07) is 15.5. The summed E-state index contributed by atoms with van der Waals surface area (Å²) in [5.41, 5.74) is 1.93. The number of halogens is 1. The smallest absolute Gasteiger partial charge is 0.145 e. The number of aromatic nitrogens is 1. The van der Waals surface area contributed by atoms with Crippen LogP contribution in [0.1, 0.15) is 12.0 Å². The standard InChI is InChI=1S/C19H18ClNO2/c1-14-13-16(20)8-9-17(14)22-11-4-12-23-18-7-2-5-15-6-3-10-21-19(15)18/h2-3,5-10,13H,4,11-12H2,1H3. The van der Waals surface area contributed by atoms with Crippen LogP contribution in [0.15, 0.2) is 54.7 Å². The third-order valence-electron chi connectivity index (χ3n) is 3.54. The Bertz CT molecular complexity index is 799. The van der Waals surface area contributed by atoms with Gasteiger partial charge < -0.3 is 9.47 Å². The van der Waals surface area contributed by atoms with Crippen molar-refractivity contribution in [3.05, 3.63) is 65.3 Å². The van der Waals surface area contributed by atoms with E-state index in [1.165, 1.54) is 0 Å². The number of para-hydroxylation sites is 1. The lowest BCUT2D eigenvalue weighted by atomic mass is 10.2. The van der Waals surface area contributed by atoms with Crippen LogP contribution >= 0.6 is 11.6 Å². The van der Waals surface area contributed by atoms with Crippen LogP contribution in [0, 0.1) is 6.92 Å². The summed E-state index contributed by atoms with van der Waals surface area (Å²) in [6.45, 7) is 3.17. The number of hydrogen-bond acceptors (Lipinski definition) is 3. The van der Waals surface area contributed by atoms with E-state index in [1.807, 2.05) is 55.5 Å². The van der Waals surface area contributed by atoms with Crippen LogP contribution in [0.5, 0.6) is 11.5 Å². The van der Waals surface area contributed by atoms with Crippen molar-refractivity contribution in [3.8, 4) is 11.5 Å². The molecule has 0 bridgehead atoms. The summed E-state index contributed by atoms with van der Waals surface area (Å²) >= 11 is 5.93. The Morgan fingerprint density at radius 1 is 0.957 bits per heavy atom. The second-order valence-electron chi connectivity index (χ2n) is 5.29. The zero-order valence-corrected chi connectivity index (χ0v) is 13.7. The molecular weight excluding hydrogens is 310 g/mol. The highest BCUT2D eigenvalue weighted by molar-refractivity contribution is 6.30. The molecule has 1 aromatic heterocycles. The molecule has 0 aliphatic rings. The molecule has 0 fully saturated rings. The molecule has 118 valence electrons. The summed E-state index contributed by atoms with van der Waals surface area (Å²) < 4.78 is 11.6. The van der Waals surface area contributed by atoms with Crippen LogP contribution in [-0.2, 0) is 0 Å². The van der Waals surface area contributed by atoms with E-state index in [2.05, 4.69) is 4.98 Å². The first-order valence-corrected chi connectivity index (χ1v) is 7.97. The minimum Gasteiger partial charge on any atom is -0.493 e. The largest absolute Gasteiger partial charge is 0.493 e. The van der Waals surface area contributed by atoms with Crippen LogP contribution in [0.4, 0.5) is 0 Å². The molecule has 3 rings (SSSR count). The molecule has 3 aromatic rings. The van der Waals surface area contributed by atoms with Gasteiger partial charge in [-0.05, 0) is 42.8 Å². The number of ether oxygens (including phenoxy) is 2. The Morgan fingerprint density at radius 3 is 2.57 bits per heavy atom. The molecule has 0 radical (unpaired) electrons. The maximum atomic E-state index is 5.93. The molecule has 0 amide bonds. The van der Waals surface area contributed by atoms with Crippen LogP contribution in [0.3, 0.4) is 0 Å². The Balaban J connectivity index is 1.51. The van der Waals surface area contributed by atoms with Gasteiger partial charge in [-0.2, -0.15) is 0 Å². The summed E-state index contributed by atoms with van der Waals surface area (Å²) in [6.07, 6.45) is 2.58. The summed E-state index contributed by atoms with van der Waals surface area (Å²) in [5.74, 6) is 1.67. The molecule has 2 aromatic carbocycles. The molecule has 0 unspecified atom stereocenters. The first kappa shape index (κ1) is 15.6. The van der Waals surface area contributed by atoms with Gasteiger partial charge in [0.2, 0.25) is 0 Å². The van der Waals surface area contributed by atoms with E-state index in [0.717, 1.165) is 39.4 Å². The third-order valence-corrected chi connectivity index (χ3v) is 3.77. The Morgan fingerprint density at radius 2 is 1.74 bits per heavy atom. The fourth-order valence-electron chi connectivity index (χ4n) is 2.39. The predicted molar refractivity (Wildman–Crippen MR) is 93.5 cm³/mol. The molecule has 3 nitrogen and oxygen atoms in total. The van der Waals surface area contributed by atoms with Crippen molar-refractivity contribution in [1.82, 2.24) is 4.98 Å². The molecule has 1 heterocycles. The average molecular weight is 328 g/mol. The number of rotatable bonds is 6. The van der Waals surface area contributed by atoms with Gasteiger partial charge in [-0.1, -0.05) is 29.8 Å². The van der Waals surface area contributed by atoms with Gasteiger partial charge in [-0.3, -0.25) is 4.98 Å².